The van der Waals surface area contributed by atoms with E-state index in [9.17, 15) is 0 Å². The summed E-state index contributed by atoms with van der Waals surface area (Å²) in [7, 11) is 1.74. The van der Waals surface area contributed by atoms with Gasteiger partial charge in [0.15, 0.2) is 17.1 Å². The average Bonchev–Trinajstić information content (AvgIpc) is 2.83. The van der Waals surface area contributed by atoms with Gasteiger partial charge in [-0.05, 0) is 55.7 Å². The molecule has 1 aliphatic rings. The third-order valence-corrected chi connectivity index (χ3v) is 5.43. The fourth-order valence-corrected chi connectivity index (χ4v) is 3.92. The molecule has 2 aromatic carbocycles. The van der Waals surface area contributed by atoms with Crippen LogP contribution >= 0.6 is 15.9 Å². The molecule has 0 bridgehead atoms. The topological polar surface area (TPSA) is 18.0 Å². The zero-order valence-corrected chi connectivity index (χ0v) is 18.0. The maximum atomic E-state index is 5.62. The molecule has 1 aromatic heterocycles. The Morgan fingerprint density at radius 2 is 1.77 bits per heavy atom. The molecule has 1 aliphatic heterocycles. The van der Waals surface area contributed by atoms with E-state index in [1.807, 2.05) is 12.1 Å². The zero-order chi connectivity index (χ0) is 17.2. The number of benzene rings is 2. The summed E-state index contributed by atoms with van der Waals surface area (Å²) in [6.07, 6.45) is 7.11. The van der Waals surface area contributed by atoms with E-state index in [1.165, 1.54) is 36.3 Å². The summed E-state index contributed by atoms with van der Waals surface area (Å²) in [5.74, 6) is 2.27. The lowest BCUT2D eigenvalue weighted by Gasteiger charge is -2.06. The number of methoxy groups -OCH3 is 1. The Bertz CT molecular complexity index is 888. The predicted molar refractivity (Wildman–Crippen MR) is 103 cm³/mol. The Labute approximate surface area is 173 Å². The number of fused-ring (bicyclic) bond motifs is 1. The first-order valence-corrected chi connectivity index (χ1v) is 9.60. The SMILES string of the molecule is COc1ccccc1-[n+]1cc(-c2ccc(Br)cc2)n2c1CCCCC2.[Br-]. The largest absolute Gasteiger partial charge is 1.00 e. The second kappa shape index (κ2) is 8.40. The number of para-hydroxylation sites is 2. The van der Waals surface area contributed by atoms with Crippen molar-refractivity contribution in [1.82, 2.24) is 4.57 Å². The number of imidazole rings is 1. The van der Waals surface area contributed by atoms with Gasteiger partial charge in [0.1, 0.15) is 6.20 Å². The highest BCUT2D eigenvalue weighted by molar-refractivity contribution is 9.10. The molecular weight excluding hydrogens is 456 g/mol. The van der Waals surface area contributed by atoms with Crippen LogP contribution in [0.5, 0.6) is 5.75 Å². The molecule has 0 atom stereocenters. The van der Waals surface area contributed by atoms with Crippen molar-refractivity contribution in [1.29, 1.82) is 0 Å². The molecule has 136 valence electrons. The number of halogens is 2. The normalized spacial score (nSPS) is 13.5. The molecule has 0 spiro atoms. The van der Waals surface area contributed by atoms with E-state index in [2.05, 4.69) is 67.7 Å². The van der Waals surface area contributed by atoms with E-state index in [4.69, 9.17) is 4.74 Å². The molecule has 0 saturated heterocycles. The van der Waals surface area contributed by atoms with Crippen molar-refractivity contribution in [2.75, 3.05) is 7.11 Å². The molecule has 0 unspecified atom stereocenters. The Balaban J connectivity index is 0.00000196. The molecule has 0 N–H and O–H groups in total. The summed E-state index contributed by atoms with van der Waals surface area (Å²) >= 11 is 3.54. The van der Waals surface area contributed by atoms with Gasteiger partial charge in [-0.2, -0.15) is 4.57 Å². The first-order valence-electron chi connectivity index (χ1n) is 8.81. The Morgan fingerprint density at radius 1 is 1.00 bits per heavy atom. The third-order valence-electron chi connectivity index (χ3n) is 4.90. The number of aromatic nitrogens is 2. The molecule has 2 heterocycles. The number of rotatable bonds is 3. The number of ether oxygens (including phenoxy) is 1. The van der Waals surface area contributed by atoms with Crippen molar-refractivity contribution in [2.45, 2.75) is 32.2 Å². The third kappa shape index (κ3) is 3.60. The van der Waals surface area contributed by atoms with Crippen molar-refractivity contribution < 1.29 is 26.3 Å². The van der Waals surface area contributed by atoms with E-state index in [0.29, 0.717) is 0 Å². The second-order valence-electron chi connectivity index (χ2n) is 6.44. The lowest BCUT2D eigenvalue weighted by molar-refractivity contribution is -0.604. The molecule has 4 rings (SSSR count). The fourth-order valence-electron chi connectivity index (χ4n) is 3.66. The molecule has 3 nitrogen and oxygen atoms in total. The summed E-state index contributed by atoms with van der Waals surface area (Å²) in [5.41, 5.74) is 3.63. The fraction of sp³-hybridized carbons (Fsp3) is 0.286. The van der Waals surface area contributed by atoms with Crippen LogP contribution in [0.25, 0.3) is 16.9 Å². The van der Waals surface area contributed by atoms with Gasteiger partial charge in [-0.25, -0.2) is 4.57 Å². The Hall–Kier alpha value is -1.59. The van der Waals surface area contributed by atoms with Gasteiger partial charge in [-0.1, -0.05) is 28.1 Å². The molecule has 5 heteroatoms. The van der Waals surface area contributed by atoms with Crippen LogP contribution in [0.2, 0.25) is 0 Å². The summed E-state index contributed by atoms with van der Waals surface area (Å²) < 4.78 is 11.5. The van der Waals surface area contributed by atoms with Gasteiger partial charge in [0.25, 0.3) is 5.82 Å². The predicted octanol–water partition coefficient (Wildman–Crippen LogP) is 1.93. The van der Waals surface area contributed by atoms with Gasteiger partial charge >= 0.3 is 0 Å². The Kier molecular flexibility index (Phi) is 6.20. The molecule has 0 saturated carbocycles. The van der Waals surface area contributed by atoms with Gasteiger partial charge in [-0.15, -0.1) is 0 Å². The molecule has 0 radical (unpaired) electrons. The van der Waals surface area contributed by atoms with Crippen LogP contribution in [0, 0.1) is 0 Å². The van der Waals surface area contributed by atoms with E-state index >= 15 is 0 Å². The van der Waals surface area contributed by atoms with Gasteiger partial charge in [0.05, 0.1) is 13.7 Å². The van der Waals surface area contributed by atoms with Gasteiger partial charge in [0, 0.05) is 16.5 Å². The van der Waals surface area contributed by atoms with E-state index in [1.54, 1.807) is 7.11 Å². The average molecular weight is 478 g/mol. The maximum absolute atomic E-state index is 5.62. The van der Waals surface area contributed by atoms with Crippen LogP contribution in [0.4, 0.5) is 0 Å². The Morgan fingerprint density at radius 3 is 2.54 bits per heavy atom. The summed E-state index contributed by atoms with van der Waals surface area (Å²) in [4.78, 5) is 0. The van der Waals surface area contributed by atoms with Gasteiger partial charge in [0.2, 0.25) is 0 Å². The molecule has 0 fully saturated rings. The first kappa shape index (κ1) is 19.2. The minimum atomic E-state index is 0. The van der Waals surface area contributed by atoms with Crippen LogP contribution in [0.3, 0.4) is 0 Å². The highest BCUT2D eigenvalue weighted by atomic mass is 79.9. The van der Waals surface area contributed by atoms with Crippen molar-refractivity contribution in [2.24, 2.45) is 0 Å². The highest BCUT2D eigenvalue weighted by Crippen LogP contribution is 2.28. The van der Waals surface area contributed by atoms with Crippen molar-refractivity contribution in [3.8, 4) is 22.7 Å². The number of hydrogen-bond acceptors (Lipinski definition) is 1. The van der Waals surface area contributed by atoms with Gasteiger partial charge in [-0.3, -0.25) is 0 Å². The molecule has 26 heavy (non-hydrogen) atoms. The first-order chi connectivity index (χ1) is 12.3. The lowest BCUT2D eigenvalue weighted by atomic mass is 10.1. The number of nitrogens with zero attached hydrogens (tertiary/aromatic N) is 2. The number of hydrogen-bond donors (Lipinski definition) is 0. The van der Waals surface area contributed by atoms with Crippen LogP contribution in [-0.2, 0) is 13.0 Å². The summed E-state index contributed by atoms with van der Waals surface area (Å²) in [5, 5.41) is 0. The minimum Gasteiger partial charge on any atom is -1.00 e. The maximum Gasteiger partial charge on any atom is 0.262 e. The quantitative estimate of drug-likeness (QED) is 0.527. The molecule has 0 aliphatic carbocycles. The molecule has 3 aromatic rings. The lowest BCUT2D eigenvalue weighted by Crippen LogP contribution is -3.00. The van der Waals surface area contributed by atoms with Crippen LogP contribution in [0.1, 0.15) is 25.1 Å². The van der Waals surface area contributed by atoms with Crippen LogP contribution in [-0.4, -0.2) is 11.7 Å². The standard InChI is InChI=1S/C21H22BrN2O.BrH/c1-25-20-8-5-4-7-18(20)24-15-19(16-10-12-17(22)13-11-16)23-14-6-2-3-9-21(23)24;/h4-5,7-8,10-13,15H,2-3,6,9,14H2,1H3;1H/q+1;/p-1. The van der Waals surface area contributed by atoms with Crippen LogP contribution in [0.15, 0.2) is 59.2 Å². The zero-order valence-electron chi connectivity index (χ0n) is 14.8. The smallest absolute Gasteiger partial charge is 0.262 e. The molecule has 0 amide bonds. The molecular formula is C21H22Br2N2O. The van der Waals surface area contributed by atoms with Gasteiger partial charge < -0.3 is 21.7 Å². The highest BCUT2D eigenvalue weighted by Gasteiger charge is 2.28. The summed E-state index contributed by atoms with van der Waals surface area (Å²) in [6, 6.07) is 16.9. The minimum absolute atomic E-state index is 0. The van der Waals surface area contributed by atoms with Crippen molar-refractivity contribution >= 4 is 15.9 Å². The summed E-state index contributed by atoms with van der Waals surface area (Å²) in [6.45, 7) is 1.07. The van der Waals surface area contributed by atoms with E-state index < -0.39 is 0 Å². The van der Waals surface area contributed by atoms with Crippen molar-refractivity contribution in [3.63, 3.8) is 0 Å². The monoisotopic (exact) mass is 476 g/mol. The van der Waals surface area contributed by atoms with Crippen LogP contribution < -0.4 is 26.3 Å². The van der Waals surface area contributed by atoms with E-state index in [-0.39, 0.29) is 17.0 Å². The van der Waals surface area contributed by atoms with E-state index in [0.717, 1.165) is 28.9 Å². The van der Waals surface area contributed by atoms with Crippen molar-refractivity contribution in [3.05, 3.63) is 65.0 Å². The second-order valence-corrected chi connectivity index (χ2v) is 7.36.